The first-order valence-corrected chi connectivity index (χ1v) is 6.33. The zero-order valence-electron chi connectivity index (χ0n) is 11.1. The molecule has 1 N–H and O–H groups in total. The number of methoxy groups -OCH3 is 2. The van der Waals surface area contributed by atoms with Crippen molar-refractivity contribution in [3.05, 3.63) is 35.4 Å². The second-order valence-corrected chi connectivity index (χ2v) is 4.31. The van der Waals surface area contributed by atoms with Crippen LogP contribution >= 0.6 is 11.6 Å². The highest BCUT2D eigenvalue weighted by Crippen LogP contribution is 2.37. The molecule has 3 nitrogen and oxygen atoms in total. The molecule has 0 radical (unpaired) electrons. The fourth-order valence-corrected chi connectivity index (χ4v) is 2.05. The molecule has 0 fully saturated rings. The maximum absolute atomic E-state index is 6.18. The van der Waals surface area contributed by atoms with Gasteiger partial charge in [-0.05, 0) is 30.7 Å². The zero-order valence-corrected chi connectivity index (χ0v) is 11.9. The van der Waals surface area contributed by atoms with E-state index in [1.54, 1.807) is 14.2 Å². The van der Waals surface area contributed by atoms with Gasteiger partial charge in [-0.1, -0.05) is 24.6 Å². The quantitative estimate of drug-likeness (QED) is 0.768. The molecule has 0 saturated carbocycles. The molecule has 1 aromatic rings. The highest BCUT2D eigenvalue weighted by molar-refractivity contribution is 6.32. The fraction of sp³-hybridized carbons (Fsp3) is 0.429. The van der Waals surface area contributed by atoms with E-state index in [1.165, 1.54) is 0 Å². The van der Waals surface area contributed by atoms with E-state index in [0.29, 0.717) is 16.5 Å². The van der Waals surface area contributed by atoms with Gasteiger partial charge >= 0.3 is 0 Å². The number of rotatable bonds is 7. The second-order valence-electron chi connectivity index (χ2n) is 3.91. The van der Waals surface area contributed by atoms with Gasteiger partial charge in [0.1, 0.15) is 0 Å². The molecule has 0 aliphatic rings. The van der Waals surface area contributed by atoms with E-state index in [4.69, 9.17) is 21.1 Å². The van der Waals surface area contributed by atoms with E-state index in [9.17, 15) is 0 Å². The monoisotopic (exact) mass is 269 g/mol. The molecule has 0 aliphatic carbocycles. The molecule has 0 saturated heterocycles. The van der Waals surface area contributed by atoms with E-state index >= 15 is 0 Å². The smallest absolute Gasteiger partial charge is 0.179 e. The summed E-state index contributed by atoms with van der Waals surface area (Å²) < 4.78 is 10.5. The Morgan fingerprint density at radius 1 is 1.39 bits per heavy atom. The summed E-state index contributed by atoms with van der Waals surface area (Å²) >= 11 is 6.18. The van der Waals surface area contributed by atoms with E-state index in [-0.39, 0.29) is 6.04 Å². The van der Waals surface area contributed by atoms with Crippen molar-refractivity contribution in [1.82, 2.24) is 5.32 Å². The van der Waals surface area contributed by atoms with Crippen LogP contribution in [-0.4, -0.2) is 20.8 Å². The molecular weight excluding hydrogens is 250 g/mol. The minimum atomic E-state index is 0.0576. The van der Waals surface area contributed by atoms with Crippen LogP contribution in [0.2, 0.25) is 5.02 Å². The molecule has 0 bridgehead atoms. The van der Waals surface area contributed by atoms with Gasteiger partial charge in [0.25, 0.3) is 0 Å². The Hall–Kier alpha value is -1.19. The van der Waals surface area contributed by atoms with Crippen molar-refractivity contribution in [2.45, 2.75) is 19.4 Å². The fourth-order valence-electron chi connectivity index (χ4n) is 1.75. The van der Waals surface area contributed by atoms with Crippen LogP contribution in [0, 0.1) is 0 Å². The summed E-state index contributed by atoms with van der Waals surface area (Å²) in [7, 11) is 3.17. The Morgan fingerprint density at radius 2 is 2.11 bits per heavy atom. The number of hydrogen-bond donors (Lipinski definition) is 1. The predicted octanol–water partition coefficient (Wildman–Crippen LogP) is 3.58. The molecule has 100 valence electrons. The third kappa shape index (κ3) is 3.40. The molecule has 18 heavy (non-hydrogen) atoms. The summed E-state index contributed by atoms with van der Waals surface area (Å²) in [5.41, 5.74) is 1.01. The minimum Gasteiger partial charge on any atom is -0.493 e. The van der Waals surface area contributed by atoms with Gasteiger partial charge in [-0.15, -0.1) is 6.58 Å². The second kappa shape index (κ2) is 7.29. The number of hydrogen-bond acceptors (Lipinski definition) is 3. The first kappa shape index (κ1) is 14.9. The Bertz CT molecular complexity index is 407. The van der Waals surface area contributed by atoms with Crippen LogP contribution in [0.3, 0.4) is 0 Å². The SMILES string of the molecule is C=CC(NCCC)c1cc(Cl)c(OC)c(OC)c1. The topological polar surface area (TPSA) is 30.5 Å². The summed E-state index contributed by atoms with van der Waals surface area (Å²) in [5.74, 6) is 1.19. The Kier molecular flexibility index (Phi) is 6.02. The van der Waals surface area contributed by atoms with Crippen molar-refractivity contribution in [1.29, 1.82) is 0 Å². The van der Waals surface area contributed by atoms with E-state index in [2.05, 4.69) is 18.8 Å². The first-order chi connectivity index (χ1) is 8.67. The van der Waals surface area contributed by atoms with Gasteiger partial charge in [0.2, 0.25) is 0 Å². The van der Waals surface area contributed by atoms with Crippen molar-refractivity contribution in [2.75, 3.05) is 20.8 Å². The maximum atomic E-state index is 6.18. The van der Waals surface area contributed by atoms with Crippen LogP contribution in [0.4, 0.5) is 0 Å². The molecule has 0 amide bonds. The summed E-state index contributed by atoms with van der Waals surface area (Å²) in [5, 5.41) is 3.92. The lowest BCUT2D eigenvalue weighted by molar-refractivity contribution is 0.354. The molecule has 4 heteroatoms. The lowest BCUT2D eigenvalue weighted by Crippen LogP contribution is -2.20. The lowest BCUT2D eigenvalue weighted by atomic mass is 10.1. The predicted molar refractivity (Wildman–Crippen MR) is 75.8 cm³/mol. The molecule has 0 aromatic heterocycles. The van der Waals surface area contributed by atoms with Gasteiger partial charge in [-0.2, -0.15) is 0 Å². The normalized spacial score (nSPS) is 12.0. The lowest BCUT2D eigenvalue weighted by Gasteiger charge is -2.18. The van der Waals surface area contributed by atoms with Gasteiger partial charge in [0.15, 0.2) is 11.5 Å². The molecular formula is C14H20ClNO2. The molecule has 1 atom stereocenters. The zero-order chi connectivity index (χ0) is 13.5. The first-order valence-electron chi connectivity index (χ1n) is 5.95. The molecule has 1 unspecified atom stereocenters. The average Bonchev–Trinajstić information content (AvgIpc) is 2.38. The third-order valence-electron chi connectivity index (χ3n) is 2.66. The van der Waals surface area contributed by atoms with Crippen LogP contribution in [0.25, 0.3) is 0 Å². The van der Waals surface area contributed by atoms with Crippen LogP contribution in [-0.2, 0) is 0 Å². The van der Waals surface area contributed by atoms with Crippen molar-refractivity contribution in [3.8, 4) is 11.5 Å². The Morgan fingerprint density at radius 3 is 2.61 bits per heavy atom. The molecule has 0 spiro atoms. The van der Waals surface area contributed by atoms with E-state index < -0.39 is 0 Å². The molecule has 1 rings (SSSR count). The van der Waals surface area contributed by atoms with E-state index in [0.717, 1.165) is 18.5 Å². The average molecular weight is 270 g/mol. The van der Waals surface area contributed by atoms with Gasteiger partial charge in [-0.3, -0.25) is 0 Å². The molecule has 0 aliphatic heterocycles. The highest BCUT2D eigenvalue weighted by Gasteiger charge is 2.14. The highest BCUT2D eigenvalue weighted by atomic mass is 35.5. The summed E-state index contributed by atoms with van der Waals surface area (Å²) in [6.07, 6.45) is 2.92. The van der Waals surface area contributed by atoms with Crippen LogP contribution in [0.1, 0.15) is 24.9 Å². The summed E-state index contributed by atoms with van der Waals surface area (Å²) in [6, 6.07) is 3.85. The molecule has 0 heterocycles. The maximum Gasteiger partial charge on any atom is 0.179 e. The standard InChI is InChI=1S/C14H20ClNO2/c1-5-7-16-12(6-2)10-8-11(15)14(18-4)13(9-10)17-3/h6,8-9,12,16H,2,5,7H2,1,3-4H3. The van der Waals surface area contributed by atoms with Crippen molar-refractivity contribution in [2.24, 2.45) is 0 Å². The van der Waals surface area contributed by atoms with Crippen molar-refractivity contribution in [3.63, 3.8) is 0 Å². The number of benzene rings is 1. The van der Waals surface area contributed by atoms with Crippen LogP contribution in [0.15, 0.2) is 24.8 Å². The summed E-state index contributed by atoms with van der Waals surface area (Å²) in [4.78, 5) is 0. The number of nitrogens with one attached hydrogen (secondary N) is 1. The van der Waals surface area contributed by atoms with Gasteiger partial charge in [-0.25, -0.2) is 0 Å². The third-order valence-corrected chi connectivity index (χ3v) is 2.95. The van der Waals surface area contributed by atoms with Gasteiger partial charge < -0.3 is 14.8 Å². The van der Waals surface area contributed by atoms with E-state index in [1.807, 2.05) is 18.2 Å². The van der Waals surface area contributed by atoms with Gasteiger partial charge in [0.05, 0.1) is 25.3 Å². The van der Waals surface area contributed by atoms with Crippen molar-refractivity contribution < 1.29 is 9.47 Å². The Labute approximate surface area is 114 Å². The van der Waals surface area contributed by atoms with Crippen LogP contribution < -0.4 is 14.8 Å². The van der Waals surface area contributed by atoms with Crippen molar-refractivity contribution >= 4 is 11.6 Å². The van der Waals surface area contributed by atoms with Crippen LogP contribution in [0.5, 0.6) is 11.5 Å². The number of halogens is 1. The summed E-state index contributed by atoms with van der Waals surface area (Å²) in [6.45, 7) is 6.88. The number of ether oxygens (including phenoxy) is 2. The van der Waals surface area contributed by atoms with Gasteiger partial charge in [0, 0.05) is 0 Å². The largest absolute Gasteiger partial charge is 0.493 e. The minimum absolute atomic E-state index is 0.0576. The Balaban J connectivity index is 3.08. The molecule has 1 aromatic carbocycles.